The fourth-order valence-electron chi connectivity index (χ4n) is 5.49. The molecule has 0 bridgehead atoms. The Bertz CT molecular complexity index is 1690. The summed E-state index contributed by atoms with van der Waals surface area (Å²) < 4.78 is 159. The number of nitrogens with zero attached hydrogens (tertiary/aromatic N) is 1. The number of aliphatic hydroxyl groups excluding tert-OH is 1. The van der Waals surface area contributed by atoms with Gasteiger partial charge in [-0.15, -0.1) is 0 Å². The minimum absolute atomic E-state index is 0.225. The molecule has 0 spiro atoms. The molecule has 1 N–H and O–H groups in total. The van der Waals surface area contributed by atoms with Gasteiger partial charge in [0.2, 0.25) is 5.91 Å². The van der Waals surface area contributed by atoms with Gasteiger partial charge in [-0.25, -0.2) is 21.6 Å². The van der Waals surface area contributed by atoms with Gasteiger partial charge in [-0.2, -0.15) is 26.3 Å². The molecule has 16 heteroatoms. The Morgan fingerprint density at radius 1 is 0.872 bits per heavy atom. The maximum Gasteiger partial charge on any atom is 0.430 e. The fraction of sp³-hybridized carbons (Fsp3) is 0.387. The molecule has 1 heterocycles. The van der Waals surface area contributed by atoms with Crippen LogP contribution in [0.1, 0.15) is 37.0 Å². The second-order valence-electron chi connectivity index (χ2n) is 11.7. The summed E-state index contributed by atoms with van der Waals surface area (Å²) in [4.78, 5) is 13.8. The molecular weight excluding hydrogens is 669 g/mol. The molecule has 6 nitrogen and oxygen atoms in total. The highest BCUT2D eigenvalue weighted by Crippen LogP contribution is 2.54. The summed E-state index contributed by atoms with van der Waals surface area (Å²) in [6.07, 6.45) is -12.8. The minimum atomic E-state index is -6.24. The molecular formula is C31H28F9NO5S. The molecule has 1 amide bonds. The van der Waals surface area contributed by atoms with Crippen LogP contribution >= 0.6 is 0 Å². The predicted molar refractivity (Wildman–Crippen MR) is 149 cm³/mol. The Kier molecular flexibility index (Phi) is 9.58. The molecule has 1 unspecified atom stereocenters. The van der Waals surface area contributed by atoms with E-state index < -0.39 is 97.1 Å². The quantitative estimate of drug-likeness (QED) is 0.202. The average Bonchev–Trinajstić information content (AvgIpc) is 3.45. The first-order chi connectivity index (χ1) is 21.6. The van der Waals surface area contributed by atoms with Gasteiger partial charge >= 0.3 is 12.4 Å². The van der Waals surface area contributed by atoms with Crippen LogP contribution in [0.4, 0.5) is 39.5 Å². The van der Waals surface area contributed by atoms with E-state index >= 15 is 0 Å². The molecule has 3 aromatic carbocycles. The van der Waals surface area contributed by atoms with Crippen molar-refractivity contribution in [2.45, 2.75) is 54.5 Å². The normalized spacial score (nSPS) is 18.1. The summed E-state index contributed by atoms with van der Waals surface area (Å²) in [7, 11) is -4.63. The van der Waals surface area contributed by atoms with E-state index in [1.165, 1.54) is 13.8 Å². The summed E-state index contributed by atoms with van der Waals surface area (Å²) >= 11 is 0. The Morgan fingerprint density at radius 3 is 1.89 bits per heavy atom. The SMILES string of the molecule is CC(C)(CO)C(=O)N1CCC(c2ccc(C(OCc3c(F)cccc3F)(C(F)(F)F)C(F)(F)F)cc2)(S(=O)(=O)c2ccc(F)cc2)C1. The number of sulfone groups is 1. The zero-order valence-corrected chi connectivity index (χ0v) is 25.5. The smallest absolute Gasteiger partial charge is 0.395 e. The summed E-state index contributed by atoms with van der Waals surface area (Å²) in [5, 5.41) is 9.68. The summed E-state index contributed by atoms with van der Waals surface area (Å²) in [5.74, 6) is -4.36. The molecule has 1 saturated heterocycles. The molecule has 0 radical (unpaired) electrons. The van der Waals surface area contributed by atoms with Crippen molar-refractivity contribution in [2.75, 3.05) is 19.7 Å². The highest BCUT2D eigenvalue weighted by Gasteiger charge is 2.73. The van der Waals surface area contributed by atoms with Gasteiger partial charge in [0, 0.05) is 24.2 Å². The maximum atomic E-state index is 14.4. The second kappa shape index (κ2) is 12.4. The number of aliphatic hydroxyl groups is 1. The molecule has 0 saturated carbocycles. The van der Waals surface area contributed by atoms with Crippen molar-refractivity contribution in [1.29, 1.82) is 0 Å². The standard InChI is InChI=1S/C31H28F9NO5S/c1-27(2,18-42)26(43)41-15-14-28(17-41,47(44,45)22-12-10-21(32)11-13-22)19-6-8-20(9-7-19)29(30(35,36)37,31(38,39)40)46-16-23-24(33)4-3-5-25(23)34/h3-13,42H,14-18H2,1-2H3. The fourth-order valence-corrected chi connectivity index (χ4v) is 7.57. The largest absolute Gasteiger partial charge is 0.430 e. The Balaban J connectivity index is 1.87. The van der Waals surface area contributed by atoms with E-state index in [-0.39, 0.29) is 18.5 Å². The number of halogens is 9. The number of carbonyl (C=O) groups excluding carboxylic acids is 1. The van der Waals surface area contributed by atoms with E-state index in [0.29, 0.717) is 36.4 Å². The first kappa shape index (κ1) is 36.2. The average molecular weight is 698 g/mol. The highest BCUT2D eigenvalue weighted by molar-refractivity contribution is 7.92. The topological polar surface area (TPSA) is 83.9 Å². The van der Waals surface area contributed by atoms with E-state index in [0.717, 1.165) is 35.2 Å². The lowest BCUT2D eigenvalue weighted by molar-refractivity contribution is -0.392. The molecule has 47 heavy (non-hydrogen) atoms. The zero-order valence-electron chi connectivity index (χ0n) is 24.7. The van der Waals surface area contributed by atoms with Gasteiger partial charge in [-0.05, 0) is 62.2 Å². The maximum absolute atomic E-state index is 14.4. The van der Waals surface area contributed by atoms with Crippen LogP contribution in [0.3, 0.4) is 0 Å². The molecule has 1 atom stereocenters. The van der Waals surface area contributed by atoms with E-state index in [9.17, 15) is 57.8 Å². The van der Waals surface area contributed by atoms with Crippen molar-refractivity contribution < 1.29 is 62.6 Å². The van der Waals surface area contributed by atoms with Crippen LogP contribution in [0.15, 0.2) is 71.6 Å². The molecule has 1 aliphatic heterocycles. The molecule has 0 aromatic heterocycles. The van der Waals surface area contributed by atoms with Crippen molar-refractivity contribution >= 4 is 15.7 Å². The van der Waals surface area contributed by atoms with Gasteiger partial charge in [-0.3, -0.25) is 4.79 Å². The predicted octanol–water partition coefficient (Wildman–Crippen LogP) is 6.56. The number of ether oxygens (including phenoxy) is 1. The lowest BCUT2D eigenvalue weighted by Gasteiger charge is -2.38. The second-order valence-corrected chi connectivity index (χ2v) is 14.0. The number of amides is 1. The number of likely N-dealkylation sites (tertiary alicyclic amines) is 1. The summed E-state index contributed by atoms with van der Waals surface area (Å²) in [6, 6.07) is 7.74. The summed E-state index contributed by atoms with van der Waals surface area (Å²) in [5.41, 5.74) is -9.54. The molecule has 1 fully saturated rings. The lowest BCUT2D eigenvalue weighted by Crippen LogP contribution is -2.56. The third-order valence-corrected chi connectivity index (χ3v) is 10.7. The highest BCUT2D eigenvalue weighted by atomic mass is 32.2. The van der Waals surface area contributed by atoms with E-state index in [4.69, 9.17) is 0 Å². The third kappa shape index (κ3) is 6.22. The van der Waals surface area contributed by atoms with Crippen LogP contribution < -0.4 is 0 Å². The number of carbonyl (C=O) groups is 1. The van der Waals surface area contributed by atoms with E-state index in [1.807, 2.05) is 0 Å². The number of rotatable bonds is 9. The van der Waals surface area contributed by atoms with Crippen LogP contribution in [0, 0.1) is 22.9 Å². The van der Waals surface area contributed by atoms with Crippen molar-refractivity contribution in [2.24, 2.45) is 5.41 Å². The lowest BCUT2D eigenvalue weighted by atomic mass is 9.88. The van der Waals surface area contributed by atoms with Crippen LogP contribution in [0.25, 0.3) is 0 Å². The number of hydrogen-bond acceptors (Lipinski definition) is 5. The third-order valence-electron chi connectivity index (χ3n) is 8.24. The number of alkyl halides is 6. The van der Waals surface area contributed by atoms with Crippen LogP contribution in [-0.2, 0) is 36.3 Å². The summed E-state index contributed by atoms with van der Waals surface area (Å²) in [6.45, 7) is -0.459. The zero-order chi connectivity index (χ0) is 35.2. The Labute approximate surface area is 263 Å². The van der Waals surface area contributed by atoms with Gasteiger partial charge in [-0.1, -0.05) is 30.3 Å². The Hall–Kier alpha value is -3.63. The van der Waals surface area contributed by atoms with Gasteiger partial charge in [0.05, 0.1) is 23.5 Å². The molecule has 4 rings (SSSR count). The van der Waals surface area contributed by atoms with Crippen molar-refractivity contribution in [1.82, 2.24) is 4.90 Å². The molecule has 256 valence electrons. The van der Waals surface area contributed by atoms with Crippen molar-refractivity contribution in [3.05, 3.63) is 101 Å². The first-order valence-electron chi connectivity index (χ1n) is 13.9. The van der Waals surface area contributed by atoms with Crippen LogP contribution in [-0.4, -0.2) is 56.4 Å². The van der Waals surface area contributed by atoms with Gasteiger partial charge < -0.3 is 14.7 Å². The Morgan fingerprint density at radius 2 is 1.40 bits per heavy atom. The van der Waals surface area contributed by atoms with Gasteiger partial charge in [0.25, 0.3) is 5.60 Å². The molecule has 3 aromatic rings. The number of benzene rings is 3. The minimum Gasteiger partial charge on any atom is -0.395 e. The first-order valence-corrected chi connectivity index (χ1v) is 15.3. The number of hydrogen-bond donors (Lipinski definition) is 1. The van der Waals surface area contributed by atoms with Crippen molar-refractivity contribution in [3.63, 3.8) is 0 Å². The van der Waals surface area contributed by atoms with Gasteiger partial charge in [0.15, 0.2) is 9.84 Å². The van der Waals surface area contributed by atoms with Crippen LogP contribution in [0.5, 0.6) is 0 Å². The van der Waals surface area contributed by atoms with Gasteiger partial charge in [0.1, 0.15) is 22.2 Å². The molecule has 0 aliphatic carbocycles. The van der Waals surface area contributed by atoms with E-state index in [1.54, 1.807) is 0 Å². The van der Waals surface area contributed by atoms with Crippen molar-refractivity contribution in [3.8, 4) is 0 Å². The molecule has 1 aliphatic rings. The van der Waals surface area contributed by atoms with E-state index in [2.05, 4.69) is 4.74 Å². The monoisotopic (exact) mass is 697 g/mol. The van der Waals surface area contributed by atoms with Crippen LogP contribution in [0.2, 0.25) is 0 Å².